The predicted molar refractivity (Wildman–Crippen MR) is 181 cm³/mol. The van der Waals surface area contributed by atoms with E-state index in [-0.39, 0.29) is 0 Å². The van der Waals surface area contributed by atoms with E-state index in [4.69, 9.17) is 0 Å². The van der Waals surface area contributed by atoms with E-state index in [0.717, 1.165) is 36.5 Å². The van der Waals surface area contributed by atoms with Crippen molar-refractivity contribution in [3.05, 3.63) is 0 Å². The molecular weight excluding hydrogens is 516 g/mol. The van der Waals surface area contributed by atoms with Crippen LogP contribution in [0.15, 0.2) is 9.98 Å². The summed E-state index contributed by atoms with van der Waals surface area (Å²) in [6.07, 6.45) is 41.7. The van der Waals surface area contributed by atoms with Crippen molar-refractivity contribution in [1.29, 1.82) is 0 Å². The maximum Gasteiger partial charge on any atom is 0.234 e. The number of isocyanates is 2. The van der Waals surface area contributed by atoms with E-state index in [0.29, 0.717) is 13.1 Å². The average molecular weight is 587 g/mol. The van der Waals surface area contributed by atoms with E-state index in [2.05, 4.69) is 23.8 Å². The summed E-state index contributed by atoms with van der Waals surface area (Å²) in [6.45, 7) is 6.00. The van der Waals surface area contributed by atoms with E-state index >= 15 is 0 Å². The third-order valence-electron chi connectivity index (χ3n) is 10.3. The molecule has 42 heavy (non-hydrogen) atoms. The molecule has 0 amide bonds. The molecule has 1 aliphatic rings. The summed E-state index contributed by atoms with van der Waals surface area (Å²) >= 11 is 0. The molecule has 0 N–H and O–H groups in total. The predicted octanol–water partition coefficient (Wildman–Crippen LogP) is 12.1. The van der Waals surface area contributed by atoms with Crippen LogP contribution in [0.25, 0.3) is 0 Å². The molecule has 0 heterocycles. The van der Waals surface area contributed by atoms with Gasteiger partial charge in [0.05, 0.1) is 13.1 Å². The zero-order valence-electron chi connectivity index (χ0n) is 28.2. The van der Waals surface area contributed by atoms with Crippen LogP contribution in [0.4, 0.5) is 0 Å². The van der Waals surface area contributed by atoms with Crippen molar-refractivity contribution >= 4 is 12.2 Å². The Morgan fingerprint density at radius 3 is 1.14 bits per heavy atom. The Labute approximate surface area is 261 Å². The smallest absolute Gasteiger partial charge is 0.211 e. The number of carbonyl (C=O) groups excluding carboxylic acids is 2. The van der Waals surface area contributed by atoms with Crippen molar-refractivity contribution < 1.29 is 9.59 Å². The third-order valence-corrected chi connectivity index (χ3v) is 10.3. The molecule has 4 heteroatoms. The summed E-state index contributed by atoms with van der Waals surface area (Å²) in [4.78, 5) is 27.8. The average Bonchev–Trinajstić information content (AvgIpc) is 3.00. The topological polar surface area (TPSA) is 58.9 Å². The molecular formula is C38H70N2O2. The van der Waals surface area contributed by atoms with Gasteiger partial charge >= 0.3 is 0 Å². The highest BCUT2D eigenvalue weighted by atomic mass is 16.1. The van der Waals surface area contributed by atoms with E-state index in [9.17, 15) is 9.59 Å². The molecule has 1 aliphatic carbocycles. The van der Waals surface area contributed by atoms with Crippen molar-refractivity contribution in [3.63, 3.8) is 0 Å². The van der Waals surface area contributed by atoms with Crippen LogP contribution >= 0.6 is 0 Å². The Morgan fingerprint density at radius 1 is 0.429 bits per heavy atom. The van der Waals surface area contributed by atoms with Gasteiger partial charge in [0.1, 0.15) is 0 Å². The van der Waals surface area contributed by atoms with E-state index in [1.165, 1.54) is 167 Å². The number of aliphatic imine (C=N–C) groups is 2. The Bertz CT molecular complexity index is 683. The Hall–Kier alpha value is -1.24. The zero-order valence-corrected chi connectivity index (χ0v) is 28.2. The minimum absolute atomic E-state index is 0.657. The number of rotatable bonds is 30. The lowest BCUT2D eigenvalue weighted by Gasteiger charge is -2.44. The second kappa shape index (κ2) is 29.8. The minimum atomic E-state index is 0.657. The van der Waals surface area contributed by atoms with E-state index in [1.807, 2.05) is 0 Å². The van der Waals surface area contributed by atoms with Crippen LogP contribution < -0.4 is 0 Å². The largest absolute Gasteiger partial charge is 0.234 e. The van der Waals surface area contributed by atoms with Crippen LogP contribution in [-0.4, -0.2) is 25.2 Å². The van der Waals surface area contributed by atoms with Crippen molar-refractivity contribution in [2.75, 3.05) is 13.1 Å². The van der Waals surface area contributed by atoms with Crippen LogP contribution in [0.1, 0.15) is 194 Å². The summed E-state index contributed by atoms with van der Waals surface area (Å²) in [6, 6.07) is 0. The van der Waals surface area contributed by atoms with Gasteiger partial charge in [-0.05, 0) is 62.2 Å². The first-order valence-corrected chi connectivity index (χ1v) is 18.9. The van der Waals surface area contributed by atoms with Crippen LogP contribution in [0.5, 0.6) is 0 Å². The summed E-state index contributed by atoms with van der Waals surface area (Å²) in [7, 11) is 0. The quantitative estimate of drug-likeness (QED) is 0.0477. The molecule has 1 rings (SSSR count). The summed E-state index contributed by atoms with van der Waals surface area (Å²) in [5.41, 5.74) is 0. The Morgan fingerprint density at radius 2 is 0.738 bits per heavy atom. The summed E-state index contributed by atoms with van der Waals surface area (Å²) < 4.78 is 0. The number of nitrogens with zero attached hydrogens (tertiary/aromatic N) is 2. The number of hydrogen-bond acceptors (Lipinski definition) is 4. The van der Waals surface area contributed by atoms with Crippen LogP contribution in [0, 0.1) is 23.7 Å². The number of hydrogen-bond donors (Lipinski definition) is 0. The van der Waals surface area contributed by atoms with E-state index in [1.54, 1.807) is 12.2 Å². The first kappa shape index (κ1) is 38.8. The molecule has 0 bridgehead atoms. The minimum Gasteiger partial charge on any atom is -0.211 e. The molecule has 244 valence electrons. The summed E-state index contributed by atoms with van der Waals surface area (Å²) in [5.74, 6) is 3.90. The molecule has 4 atom stereocenters. The normalized spacial score (nSPS) is 20.2. The first-order chi connectivity index (χ1) is 20.8. The van der Waals surface area contributed by atoms with Gasteiger partial charge in [-0.25, -0.2) is 19.6 Å². The van der Waals surface area contributed by atoms with Crippen LogP contribution in [0.2, 0.25) is 0 Å². The third kappa shape index (κ3) is 20.6. The Balaban J connectivity index is 2.60. The number of unbranched alkanes of at least 4 members (excludes halogenated alkanes) is 18. The van der Waals surface area contributed by atoms with Crippen molar-refractivity contribution in [1.82, 2.24) is 0 Å². The molecule has 0 aromatic heterocycles. The highest BCUT2D eigenvalue weighted by Crippen LogP contribution is 2.47. The van der Waals surface area contributed by atoms with Gasteiger partial charge in [-0.2, -0.15) is 0 Å². The standard InChI is InChI=1S/C38H70N2O2/c1-3-5-7-14-21-27-37-35(25-19-6-4-2)29-30-36(26-20-15-10-8-12-17-23-31-39-33-41)38(37)28-22-16-11-9-13-18-24-32-40-34-42/h35-38H,3-32H2,1-2H3/t35-,36-,37-,38-/m1/s1. The van der Waals surface area contributed by atoms with Gasteiger partial charge in [-0.1, -0.05) is 155 Å². The van der Waals surface area contributed by atoms with Crippen LogP contribution in [0.3, 0.4) is 0 Å². The highest BCUT2D eigenvalue weighted by molar-refractivity contribution is 5.32. The molecule has 0 unspecified atom stereocenters. The molecule has 0 saturated heterocycles. The van der Waals surface area contributed by atoms with Crippen LogP contribution in [-0.2, 0) is 9.59 Å². The van der Waals surface area contributed by atoms with Crippen molar-refractivity contribution in [2.24, 2.45) is 33.7 Å². The van der Waals surface area contributed by atoms with Gasteiger partial charge < -0.3 is 0 Å². The highest BCUT2D eigenvalue weighted by Gasteiger charge is 2.37. The fourth-order valence-electron chi connectivity index (χ4n) is 7.84. The molecule has 1 fully saturated rings. The molecule has 0 aromatic carbocycles. The Kier molecular flexibility index (Phi) is 27.5. The zero-order chi connectivity index (χ0) is 30.4. The first-order valence-electron chi connectivity index (χ1n) is 18.9. The molecule has 0 radical (unpaired) electrons. The lowest BCUT2D eigenvalue weighted by Crippen LogP contribution is -2.35. The maximum atomic E-state index is 10.2. The van der Waals surface area contributed by atoms with E-state index < -0.39 is 0 Å². The van der Waals surface area contributed by atoms with Gasteiger partial charge in [0.15, 0.2) is 0 Å². The van der Waals surface area contributed by atoms with Crippen molar-refractivity contribution in [3.8, 4) is 0 Å². The van der Waals surface area contributed by atoms with Crippen molar-refractivity contribution in [2.45, 2.75) is 194 Å². The molecule has 4 nitrogen and oxygen atoms in total. The molecule has 0 aromatic rings. The van der Waals surface area contributed by atoms with Gasteiger partial charge in [0.25, 0.3) is 0 Å². The second-order valence-electron chi connectivity index (χ2n) is 13.6. The lowest BCUT2D eigenvalue weighted by atomic mass is 9.61. The summed E-state index contributed by atoms with van der Waals surface area (Å²) in [5, 5.41) is 0. The van der Waals surface area contributed by atoms with Gasteiger partial charge in [0, 0.05) is 0 Å². The monoisotopic (exact) mass is 587 g/mol. The fourth-order valence-corrected chi connectivity index (χ4v) is 7.84. The molecule has 1 saturated carbocycles. The van der Waals surface area contributed by atoms with Gasteiger partial charge in [-0.15, -0.1) is 0 Å². The maximum absolute atomic E-state index is 10.2. The fraction of sp³-hybridized carbons (Fsp3) is 0.947. The SMILES string of the molecule is CCCCCCC[C@@H]1[C@H](CCCCC)CC[C@@H](CCCCCCCCCN=C=O)[C@H]1CCCCCCCCCN=C=O. The molecule has 0 aliphatic heterocycles. The second-order valence-corrected chi connectivity index (χ2v) is 13.6. The van der Waals surface area contributed by atoms with Gasteiger partial charge in [-0.3, -0.25) is 0 Å². The molecule has 0 spiro atoms. The lowest BCUT2D eigenvalue weighted by molar-refractivity contribution is 0.0581. The van der Waals surface area contributed by atoms with Gasteiger partial charge in [0.2, 0.25) is 12.2 Å².